The lowest BCUT2D eigenvalue weighted by atomic mass is 10.0. The van der Waals surface area contributed by atoms with Gasteiger partial charge in [0, 0.05) is 17.7 Å². The molecule has 0 atom stereocenters. The number of non-ortho nitro benzene ring substituents is 1. The molecule has 0 spiro atoms. The maximum Gasteiger partial charge on any atom is 0.276 e. The van der Waals surface area contributed by atoms with Crippen LogP contribution in [0.5, 0.6) is 0 Å². The fourth-order valence-electron chi connectivity index (χ4n) is 2.21. The Hall–Kier alpha value is -2.74. The van der Waals surface area contributed by atoms with Crippen molar-refractivity contribution >= 4 is 21.4 Å². The summed E-state index contributed by atoms with van der Waals surface area (Å²) in [6.45, 7) is 5.60. The second-order valence-electron chi connectivity index (χ2n) is 5.36. The van der Waals surface area contributed by atoms with Crippen LogP contribution >= 0.6 is 0 Å². The quantitative estimate of drug-likeness (QED) is 0.510. The molecule has 2 aromatic rings. The Morgan fingerprint density at radius 3 is 2.29 bits per heavy atom. The van der Waals surface area contributed by atoms with Gasteiger partial charge in [-0.05, 0) is 38.5 Å². The van der Waals surface area contributed by atoms with E-state index in [1.54, 1.807) is 6.92 Å². The highest BCUT2D eigenvalue weighted by Gasteiger charge is 2.15. The zero-order valence-corrected chi connectivity index (χ0v) is 14.3. The van der Waals surface area contributed by atoms with E-state index < -0.39 is 14.9 Å². The second-order valence-corrected chi connectivity index (χ2v) is 7.02. The summed E-state index contributed by atoms with van der Waals surface area (Å²) in [5.41, 5.74) is 3.29. The van der Waals surface area contributed by atoms with Crippen molar-refractivity contribution in [3.8, 4) is 0 Å². The SMILES string of the molecule is CC(=NNS(=O)(=O)c1ccc([N+](=O)[O-])cc1)c1ccc(C)cc1C. The molecule has 0 unspecified atom stereocenters. The predicted octanol–water partition coefficient (Wildman–Crippen LogP) is 2.91. The summed E-state index contributed by atoms with van der Waals surface area (Å²) in [7, 11) is -3.89. The van der Waals surface area contributed by atoms with Gasteiger partial charge in [0.1, 0.15) is 0 Å². The number of hydrogen-bond acceptors (Lipinski definition) is 5. The van der Waals surface area contributed by atoms with Crippen molar-refractivity contribution in [2.75, 3.05) is 0 Å². The highest BCUT2D eigenvalue weighted by Crippen LogP contribution is 2.16. The molecule has 2 rings (SSSR count). The van der Waals surface area contributed by atoms with Gasteiger partial charge in [0.2, 0.25) is 0 Å². The third-order valence-corrected chi connectivity index (χ3v) is 4.69. The number of benzene rings is 2. The second kappa shape index (κ2) is 6.79. The average molecular weight is 347 g/mol. The van der Waals surface area contributed by atoms with Crippen molar-refractivity contribution in [2.24, 2.45) is 5.10 Å². The van der Waals surface area contributed by atoms with E-state index in [0.717, 1.165) is 28.8 Å². The smallest absolute Gasteiger partial charge is 0.258 e. The van der Waals surface area contributed by atoms with Crippen LogP contribution in [-0.4, -0.2) is 19.1 Å². The molecule has 0 amide bonds. The Labute approximate surface area is 140 Å². The number of nitro groups is 1. The molecule has 0 aliphatic carbocycles. The van der Waals surface area contributed by atoms with E-state index in [2.05, 4.69) is 9.93 Å². The molecule has 24 heavy (non-hydrogen) atoms. The van der Waals surface area contributed by atoms with Gasteiger partial charge in [-0.15, -0.1) is 0 Å². The van der Waals surface area contributed by atoms with Crippen LogP contribution in [0.15, 0.2) is 52.5 Å². The van der Waals surface area contributed by atoms with E-state index in [4.69, 9.17) is 0 Å². The molecule has 8 heteroatoms. The summed E-state index contributed by atoms with van der Waals surface area (Å²) < 4.78 is 24.4. The van der Waals surface area contributed by atoms with Crippen LogP contribution in [0.3, 0.4) is 0 Å². The minimum Gasteiger partial charge on any atom is -0.258 e. The van der Waals surface area contributed by atoms with Gasteiger partial charge in [-0.25, -0.2) is 0 Å². The largest absolute Gasteiger partial charge is 0.276 e. The third-order valence-electron chi connectivity index (χ3n) is 3.46. The summed E-state index contributed by atoms with van der Waals surface area (Å²) in [5, 5.41) is 14.5. The van der Waals surface area contributed by atoms with Gasteiger partial charge in [-0.2, -0.15) is 18.4 Å². The van der Waals surface area contributed by atoms with Gasteiger partial charge in [-0.3, -0.25) is 10.1 Å². The van der Waals surface area contributed by atoms with Crippen LogP contribution in [0.1, 0.15) is 23.6 Å². The Morgan fingerprint density at radius 1 is 1.12 bits per heavy atom. The fourth-order valence-corrected chi connectivity index (χ4v) is 3.06. The molecule has 0 aromatic heterocycles. The van der Waals surface area contributed by atoms with Crippen molar-refractivity contribution < 1.29 is 13.3 Å². The van der Waals surface area contributed by atoms with Crippen molar-refractivity contribution in [1.82, 2.24) is 4.83 Å². The highest BCUT2D eigenvalue weighted by molar-refractivity contribution is 7.89. The van der Waals surface area contributed by atoms with E-state index in [-0.39, 0.29) is 10.6 Å². The monoisotopic (exact) mass is 347 g/mol. The highest BCUT2D eigenvalue weighted by atomic mass is 32.2. The number of rotatable bonds is 5. The first kappa shape index (κ1) is 17.6. The maximum atomic E-state index is 12.2. The Bertz CT molecular complexity index is 903. The number of aryl methyl sites for hydroxylation is 2. The number of nitro benzene ring substituents is 1. The van der Waals surface area contributed by atoms with E-state index in [1.807, 2.05) is 32.0 Å². The van der Waals surface area contributed by atoms with E-state index in [9.17, 15) is 18.5 Å². The summed E-state index contributed by atoms with van der Waals surface area (Å²) in [4.78, 5) is 12.1. The average Bonchev–Trinajstić information content (AvgIpc) is 2.53. The normalized spacial score (nSPS) is 12.0. The van der Waals surface area contributed by atoms with Crippen LogP contribution < -0.4 is 4.83 Å². The van der Waals surface area contributed by atoms with Gasteiger partial charge >= 0.3 is 0 Å². The maximum absolute atomic E-state index is 12.2. The lowest BCUT2D eigenvalue weighted by Crippen LogP contribution is -2.20. The lowest BCUT2D eigenvalue weighted by molar-refractivity contribution is -0.384. The Kier molecular flexibility index (Phi) is 4.99. The molecule has 7 nitrogen and oxygen atoms in total. The van der Waals surface area contributed by atoms with Crippen LogP contribution in [0.2, 0.25) is 0 Å². The van der Waals surface area contributed by atoms with Crippen LogP contribution in [0.4, 0.5) is 5.69 Å². The number of hydrazone groups is 1. The van der Waals surface area contributed by atoms with Gasteiger partial charge in [0.25, 0.3) is 15.7 Å². The third kappa shape index (κ3) is 3.96. The fraction of sp³-hybridized carbons (Fsp3) is 0.188. The minimum atomic E-state index is -3.89. The molecule has 0 radical (unpaired) electrons. The van der Waals surface area contributed by atoms with Gasteiger partial charge in [0.05, 0.1) is 15.5 Å². The van der Waals surface area contributed by atoms with Crippen LogP contribution in [0, 0.1) is 24.0 Å². The zero-order valence-electron chi connectivity index (χ0n) is 13.5. The summed E-state index contributed by atoms with van der Waals surface area (Å²) in [5.74, 6) is 0. The first-order valence-electron chi connectivity index (χ1n) is 7.09. The van der Waals surface area contributed by atoms with Crippen LogP contribution in [0.25, 0.3) is 0 Å². The lowest BCUT2D eigenvalue weighted by Gasteiger charge is -2.08. The topological polar surface area (TPSA) is 102 Å². The van der Waals surface area contributed by atoms with Crippen LogP contribution in [-0.2, 0) is 10.0 Å². The molecule has 0 aliphatic heterocycles. The van der Waals surface area contributed by atoms with Crippen molar-refractivity contribution in [3.63, 3.8) is 0 Å². The van der Waals surface area contributed by atoms with Crippen molar-refractivity contribution in [2.45, 2.75) is 25.7 Å². The molecule has 0 saturated carbocycles. The number of sulfonamides is 1. The van der Waals surface area contributed by atoms with Gasteiger partial charge in [-0.1, -0.05) is 23.8 Å². The first-order chi connectivity index (χ1) is 11.2. The van der Waals surface area contributed by atoms with Gasteiger partial charge in [0.15, 0.2) is 0 Å². The van der Waals surface area contributed by atoms with Crippen molar-refractivity contribution in [1.29, 1.82) is 0 Å². The predicted molar refractivity (Wildman–Crippen MR) is 91.5 cm³/mol. The minimum absolute atomic E-state index is 0.0923. The number of nitrogens with zero attached hydrogens (tertiary/aromatic N) is 2. The molecule has 0 bridgehead atoms. The molecule has 126 valence electrons. The summed E-state index contributed by atoms with van der Waals surface area (Å²) >= 11 is 0. The van der Waals surface area contributed by atoms with E-state index >= 15 is 0 Å². The molecule has 0 fully saturated rings. The standard InChI is InChI=1S/C16H17N3O4S/c1-11-4-9-16(12(2)10-11)13(3)17-18-24(22,23)15-7-5-14(6-8-15)19(20)21/h4-10,18H,1-3H3. The molecular weight excluding hydrogens is 330 g/mol. The Morgan fingerprint density at radius 2 is 1.75 bits per heavy atom. The molecule has 0 aliphatic rings. The zero-order chi connectivity index (χ0) is 17.9. The molecule has 1 N–H and O–H groups in total. The molecule has 0 saturated heterocycles. The summed E-state index contributed by atoms with van der Waals surface area (Å²) in [6.07, 6.45) is 0. The first-order valence-corrected chi connectivity index (χ1v) is 8.57. The molecule has 2 aromatic carbocycles. The number of hydrogen-bond donors (Lipinski definition) is 1. The number of nitrogens with one attached hydrogen (secondary N) is 1. The van der Waals surface area contributed by atoms with Crippen molar-refractivity contribution in [3.05, 3.63) is 69.3 Å². The molecule has 0 heterocycles. The van der Waals surface area contributed by atoms with Gasteiger partial charge < -0.3 is 0 Å². The van der Waals surface area contributed by atoms with E-state index in [0.29, 0.717) is 5.71 Å². The Balaban J connectivity index is 2.23. The summed E-state index contributed by atoms with van der Waals surface area (Å²) in [6, 6.07) is 10.4. The molecular formula is C16H17N3O4S. The van der Waals surface area contributed by atoms with E-state index in [1.165, 1.54) is 12.1 Å².